The Morgan fingerprint density at radius 3 is 2.46 bits per heavy atom. The van der Waals surface area contributed by atoms with Crippen molar-refractivity contribution in [3.05, 3.63) is 53.3 Å². The van der Waals surface area contributed by atoms with Gasteiger partial charge >= 0.3 is 0 Å². The minimum absolute atomic E-state index is 0.0350. The molecule has 3 aromatic rings. The highest BCUT2D eigenvalue weighted by atomic mass is 16.3. The van der Waals surface area contributed by atoms with Gasteiger partial charge in [-0.1, -0.05) is 25.5 Å². The summed E-state index contributed by atoms with van der Waals surface area (Å²) in [6.45, 7) is 6.87. The van der Waals surface area contributed by atoms with Gasteiger partial charge in [0.05, 0.1) is 11.1 Å². The first kappa shape index (κ1) is 28.1. The lowest BCUT2D eigenvalue weighted by atomic mass is 9.91. The normalized spacial score (nSPS) is 13.8. The van der Waals surface area contributed by atoms with Crippen LogP contribution in [0.5, 0.6) is 11.5 Å². The quantitative estimate of drug-likeness (QED) is 0.313. The molecule has 4 N–H and O–H groups in total. The highest BCUT2D eigenvalue weighted by Gasteiger charge is 2.26. The van der Waals surface area contributed by atoms with Gasteiger partial charge in [-0.05, 0) is 75.4 Å². The third-order valence-corrected chi connectivity index (χ3v) is 7.16. The van der Waals surface area contributed by atoms with Crippen LogP contribution in [0.2, 0.25) is 0 Å². The highest BCUT2D eigenvalue weighted by molar-refractivity contribution is 5.99. The Morgan fingerprint density at radius 2 is 1.79 bits per heavy atom. The van der Waals surface area contributed by atoms with E-state index < -0.39 is 5.91 Å². The maximum Gasteiger partial charge on any atom is 0.289 e. The Morgan fingerprint density at radius 1 is 1.08 bits per heavy atom. The van der Waals surface area contributed by atoms with Crippen LogP contribution in [0.25, 0.3) is 17.1 Å². The summed E-state index contributed by atoms with van der Waals surface area (Å²) in [6, 6.07) is 10.4. The van der Waals surface area contributed by atoms with Gasteiger partial charge in [0.25, 0.3) is 11.8 Å². The van der Waals surface area contributed by atoms with E-state index in [0.29, 0.717) is 24.7 Å². The van der Waals surface area contributed by atoms with E-state index in [2.05, 4.69) is 20.8 Å². The molecule has 2 amide bonds. The third kappa shape index (κ3) is 6.39. The van der Waals surface area contributed by atoms with Crippen molar-refractivity contribution in [2.75, 3.05) is 33.2 Å². The fourth-order valence-electron chi connectivity index (χ4n) is 4.92. The van der Waals surface area contributed by atoms with Gasteiger partial charge in [0, 0.05) is 31.9 Å². The van der Waals surface area contributed by atoms with E-state index in [-0.39, 0.29) is 40.2 Å². The Labute approximate surface area is 229 Å². The number of amides is 2. The molecule has 39 heavy (non-hydrogen) atoms. The van der Waals surface area contributed by atoms with E-state index in [4.69, 9.17) is 0 Å². The Kier molecular flexibility index (Phi) is 9.19. The number of nitrogens with zero attached hydrogens (tertiary/aromatic N) is 4. The predicted molar refractivity (Wildman–Crippen MR) is 149 cm³/mol. The van der Waals surface area contributed by atoms with E-state index in [1.54, 1.807) is 11.6 Å². The van der Waals surface area contributed by atoms with Gasteiger partial charge in [0.1, 0.15) is 11.5 Å². The van der Waals surface area contributed by atoms with Gasteiger partial charge in [-0.3, -0.25) is 14.2 Å². The first-order valence-corrected chi connectivity index (χ1v) is 13.7. The molecule has 10 heteroatoms. The van der Waals surface area contributed by atoms with E-state index in [9.17, 15) is 19.8 Å². The first-order valence-electron chi connectivity index (χ1n) is 13.7. The second-order valence-electron chi connectivity index (χ2n) is 10.1. The lowest BCUT2D eigenvalue weighted by Crippen LogP contribution is -2.28. The largest absolute Gasteiger partial charge is 0.507 e. The summed E-state index contributed by atoms with van der Waals surface area (Å²) in [4.78, 5) is 27.5. The van der Waals surface area contributed by atoms with Crippen molar-refractivity contribution in [3.8, 4) is 28.6 Å². The zero-order chi connectivity index (χ0) is 27.9. The standard InChI is InChI=1S/C29H38N6O4/c1-4-6-15-34(3)29(39)23-17-22(24(36)18-25(23)37)26-32-33-27(28(38)31-5-2)35(26)21-9-7-19(8-10-21)16-20-11-13-30-14-12-20/h7-10,17-18,20,30,36-37H,4-6,11-16H2,1-3H3,(H,31,38). The van der Waals surface area contributed by atoms with Crippen LogP contribution < -0.4 is 10.6 Å². The molecule has 4 rings (SSSR count). The minimum atomic E-state index is -0.413. The van der Waals surface area contributed by atoms with Gasteiger partial charge < -0.3 is 25.7 Å². The first-order chi connectivity index (χ1) is 18.8. The van der Waals surface area contributed by atoms with Crippen molar-refractivity contribution in [1.82, 2.24) is 30.3 Å². The molecule has 1 fully saturated rings. The molecule has 1 aliphatic heterocycles. The number of carbonyl (C=O) groups is 2. The van der Waals surface area contributed by atoms with Crippen LogP contribution in [0.4, 0.5) is 0 Å². The topological polar surface area (TPSA) is 133 Å². The number of carbonyl (C=O) groups excluding carboxylic acids is 2. The molecule has 0 aliphatic carbocycles. The maximum absolute atomic E-state index is 13.1. The highest BCUT2D eigenvalue weighted by Crippen LogP contribution is 2.36. The van der Waals surface area contributed by atoms with Gasteiger partial charge in [-0.2, -0.15) is 0 Å². The molecular weight excluding hydrogens is 496 g/mol. The zero-order valence-corrected chi connectivity index (χ0v) is 22.9. The predicted octanol–water partition coefficient (Wildman–Crippen LogP) is 3.51. The second kappa shape index (κ2) is 12.8. The van der Waals surface area contributed by atoms with E-state index in [1.807, 2.05) is 38.1 Å². The molecular formula is C29H38N6O4. The SMILES string of the molecule is CCCCN(C)C(=O)c1cc(-c2nnc(C(=O)NCC)n2-c2ccc(CC3CCNCC3)cc2)c(O)cc1O. The second-order valence-corrected chi connectivity index (χ2v) is 10.1. The monoisotopic (exact) mass is 534 g/mol. The maximum atomic E-state index is 13.1. The van der Waals surface area contributed by atoms with Crippen molar-refractivity contribution >= 4 is 11.8 Å². The molecule has 0 saturated carbocycles. The van der Waals surface area contributed by atoms with Crippen LogP contribution in [0.15, 0.2) is 36.4 Å². The number of phenols is 2. The van der Waals surface area contributed by atoms with Crippen molar-refractivity contribution in [2.45, 2.75) is 46.0 Å². The average molecular weight is 535 g/mol. The fraction of sp³-hybridized carbons (Fsp3) is 0.448. The lowest BCUT2D eigenvalue weighted by molar-refractivity contribution is 0.0790. The number of aromatic hydroxyl groups is 2. The molecule has 0 atom stereocenters. The molecule has 208 valence electrons. The number of piperidine rings is 1. The Balaban J connectivity index is 1.74. The smallest absolute Gasteiger partial charge is 0.289 e. The number of hydrogen-bond acceptors (Lipinski definition) is 7. The van der Waals surface area contributed by atoms with E-state index >= 15 is 0 Å². The third-order valence-electron chi connectivity index (χ3n) is 7.16. The van der Waals surface area contributed by atoms with Crippen molar-refractivity contribution in [1.29, 1.82) is 0 Å². The summed E-state index contributed by atoms with van der Waals surface area (Å²) in [5.41, 5.74) is 2.07. The molecule has 0 radical (unpaired) electrons. The summed E-state index contributed by atoms with van der Waals surface area (Å²) in [5, 5.41) is 35.9. The van der Waals surface area contributed by atoms with Crippen LogP contribution in [0, 0.1) is 5.92 Å². The van der Waals surface area contributed by atoms with Crippen molar-refractivity contribution in [2.24, 2.45) is 5.92 Å². The molecule has 0 unspecified atom stereocenters. The molecule has 10 nitrogen and oxygen atoms in total. The number of benzene rings is 2. The van der Waals surface area contributed by atoms with Gasteiger partial charge in [-0.15, -0.1) is 10.2 Å². The van der Waals surface area contributed by atoms with Gasteiger partial charge in [0.15, 0.2) is 5.82 Å². The number of aromatic nitrogens is 3. The number of rotatable bonds is 10. The molecule has 2 heterocycles. The molecule has 0 spiro atoms. The number of nitrogens with one attached hydrogen (secondary N) is 2. The molecule has 1 aliphatic rings. The van der Waals surface area contributed by atoms with Crippen LogP contribution in [0.1, 0.15) is 66.1 Å². The van der Waals surface area contributed by atoms with E-state index in [1.165, 1.54) is 16.5 Å². The summed E-state index contributed by atoms with van der Waals surface area (Å²) in [5.74, 6) is -0.526. The van der Waals surface area contributed by atoms with Crippen LogP contribution in [-0.4, -0.2) is 74.9 Å². The summed E-state index contributed by atoms with van der Waals surface area (Å²) in [6.07, 6.45) is 5.02. The van der Waals surface area contributed by atoms with E-state index in [0.717, 1.165) is 51.3 Å². The number of unbranched alkanes of at least 4 members (excludes halogenated alkanes) is 1. The van der Waals surface area contributed by atoms with Crippen molar-refractivity contribution < 1.29 is 19.8 Å². The Bertz CT molecular complexity index is 1300. The summed E-state index contributed by atoms with van der Waals surface area (Å²) >= 11 is 0. The van der Waals surface area contributed by atoms with Crippen LogP contribution in [-0.2, 0) is 6.42 Å². The van der Waals surface area contributed by atoms with Crippen LogP contribution in [0.3, 0.4) is 0 Å². The van der Waals surface area contributed by atoms with Crippen LogP contribution >= 0.6 is 0 Å². The molecule has 2 aromatic carbocycles. The van der Waals surface area contributed by atoms with Gasteiger partial charge in [0.2, 0.25) is 5.82 Å². The zero-order valence-electron chi connectivity index (χ0n) is 22.9. The Hall–Kier alpha value is -3.92. The van der Waals surface area contributed by atoms with Gasteiger partial charge in [-0.25, -0.2) is 0 Å². The minimum Gasteiger partial charge on any atom is -0.507 e. The summed E-state index contributed by atoms with van der Waals surface area (Å²) < 4.78 is 1.57. The number of hydrogen-bond donors (Lipinski definition) is 4. The average Bonchev–Trinajstić information content (AvgIpc) is 3.37. The lowest BCUT2D eigenvalue weighted by Gasteiger charge is -2.22. The summed E-state index contributed by atoms with van der Waals surface area (Å²) in [7, 11) is 1.67. The molecule has 0 bridgehead atoms. The number of phenolic OH excluding ortho intramolecular Hbond substituents is 2. The molecule has 1 saturated heterocycles. The van der Waals surface area contributed by atoms with Crippen molar-refractivity contribution in [3.63, 3.8) is 0 Å². The molecule has 1 aromatic heterocycles. The fourth-order valence-corrected chi connectivity index (χ4v) is 4.92.